The summed E-state index contributed by atoms with van der Waals surface area (Å²) in [6, 6.07) is 6.92. The van der Waals surface area contributed by atoms with Crippen molar-refractivity contribution in [2.24, 2.45) is 0 Å². The van der Waals surface area contributed by atoms with E-state index in [0.717, 1.165) is 11.8 Å². The van der Waals surface area contributed by atoms with Gasteiger partial charge < -0.3 is 4.74 Å². The van der Waals surface area contributed by atoms with Crippen LogP contribution in [0.25, 0.3) is 11.3 Å². The second-order valence-corrected chi connectivity index (χ2v) is 3.21. The predicted octanol–water partition coefficient (Wildman–Crippen LogP) is 2.44. The summed E-state index contributed by atoms with van der Waals surface area (Å²) in [5, 5.41) is 0. The maximum atomic E-state index is 11.7. The Balaban J connectivity index is 2.48. The molecule has 0 fully saturated rings. The number of nitrogens with zero attached hydrogens (tertiary/aromatic N) is 2. The molecule has 0 saturated heterocycles. The van der Waals surface area contributed by atoms with Crippen LogP contribution < -0.4 is 0 Å². The second kappa shape index (κ2) is 5.03. The molecular formula is C13H10N2O2. The predicted molar refractivity (Wildman–Crippen MR) is 63.1 cm³/mol. The molecule has 2 aromatic rings. The largest absolute Gasteiger partial charge is 0.431 e. The Morgan fingerprint density at radius 3 is 2.71 bits per heavy atom. The Labute approximate surface area is 98.6 Å². The molecule has 2 aromatic heterocycles. The van der Waals surface area contributed by atoms with Gasteiger partial charge in [0.25, 0.3) is 0 Å². The van der Waals surface area contributed by atoms with Crippen molar-refractivity contribution in [1.82, 2.24) is 9.97 Å². The van der Waals surface area contributed by atoms with Crippen LogP contribution in [0.4, 0.5) is 0 Å². The molecule has 0 radical (unpaired) electrons. The molecule has 17 heavy (non-hydrogen) atoms. The van der Waals surface area contributed by atoms with Gasteiger partial charge in [0.15, 0.2) is 0 Å². The minimum absolute atomic E-state index is 0.401. The maximum Gasteiger partial charge on any atom is 0.345 e. The number of pyridine rings is 2. The van der Waals surface area contributed by atoms with Gasteiger partial charge in [-0.15, -0.1) is 0 Å². The topological polar surface area (TPSA) is 52.1 Å². The van der Waals surface area contributed by atoms with E-state index in [1.54, 1.807) is 42.9 Å². The van der Waals surface area contributed by atoms with E-state index in [2.05, 4.69) is 16.5 Å². The Hall–Kier alpha value is -2.49. The van der Waals surface area contributed by atoms with Gasteiger partial charge in [0.2, 0.25) is 0 Å². The lowest BCUT2D eigenvalue weighted by Gasteiger charge is -2.05. The number of hydrogen-bond donors (Lipinski definition) is 0. The molecule has 0 unspecified atom stereocenters. The zero-order valence-corrected chi connectivity index (χ0v) is 9.04. The second-order valence-electron chi connectivity index (χ2n) is 3.21. The number of rotatable bonds is 3. The first-order chi connectivity index (χ1) is 8.33. The number of aromatic nitrogens is 2. The molecular weight excluding hydrogens is 216 g/mol. The molecule has 4 heteroatoms. The molecule has 0 bridgehead atoms. The molecule has 2 heterocycles. The first-order valence-electron chi connectivity index (χ1n) is 5.00. The van der Waals surface area contributed by atoms with E-state index in [4.69, 9.17) is 4.74 Å². The highest BCUT2D eigenvalue weighted by Crippen LogP contribution is 2.20. The average molecular weight is 226 g/mol. The van der Waals surface area contributed by atoms with E-state index in [1.165, 1.54) is 0 Å². The van der Waals surface area contributed by atoms with Gasteiger partial charge in [-0.1, -0.05) is 6.58 Å². The van der Waals surface area contributed by atoms with Gasteiger partial charge in [-0.25, -0.2) is 4.79 Å². The fraction of sp³-hybridized carbons (Fsp3) is 0. The molecule has 0 aromatic carbocycles. The van der Waals surface area contributed by atoms with E-state index in [9.17, 15) is 4.79 Å². The zero-order chi connectivity index (χ0) is 12.1. The van der Waals surface area contributed by atoms with Gasteiger partial charge in [-0.05, 0) is 24.3 Å². The van der Waals surface area contributed by atoms with Crippen LogP contribution in [0.5, 0.6) is 0 Å². The SMILES string of the molecule is C=COC(=O)c1cccnc1-c1ccncc1. The van der Waals surface area contributed by atoms with Crippen molar-refractivity contribution >= 4 is 5.97 Å². The van der Waals surface area contributed by atoms with Crippen LogP contribution in [0.2, 0.25) is 0 Å². The Bertz CT molecular complexity index is 538. The van der Waals surface area contributed by atoms with Crippen molar-refractivity contribution in [2.75, 3.05) is 0 Å². The van der Waals surface area contributed by atoms with Crippen LogP contribution in [0.1, 0.15) is 10.4 Å². The summed E-state index contributed by atoms with van der Waals surface area (Å²) in [7, 11) is 0. The molecule has 0 atom stereocenters. The summed E-state index contributed by atoms with van der Waals surface area (Å²) in [4.78, 5) is 19.8. The third-order valence-corrected chi connectivity index (χ3v) is 2.17. The van der Waals surface area contributed by atoms with Crippen LogP contribution in [-0.4, -0.2) is 15.9 Å². The molecule has 0 aliphatic rings. The minimum atomic E-state index is -0.472. The molecule has 0 spiro atoms. The monoisotopic (exact) mass is 226 g/mol. The Morgan fingerprint density at radius 2 is 2.00 bits per heavy atom. The number of esters is 1. The van der Waals surface area contributed by atoms with Gasteiger partial charge in [-0.3, -0.25) is 9.97 Å². The van der Waals surface area contributed by atoms with Gasteiger partial charge in [-0.2, -0.15) is 0 Å². The van der Waals surface area contributed by atoms with Crippen molar-refractivity contribution in [3.05, 3.63) is 61.3 Å². The lowest BCUT2D eigenvalue weighted by Crippen LogP contribution is -2.04. The molecule has 84 valence electrons. The van der Waals surface area contributed by atoms with Crippen molar-refractivity contribution in [1.29, 1.82) is 0 Å². The first-order valence-corrected chi connectivity index (χ1v) is 5.00. The smallest absolute Gasteiger partial charge is 0.345 e. The third-order valence-electron chi connectivity index (χ3n) is 2.17. The first kappa shape index (κ1) is 11.0. The van der Waals surface area contributed by atoms with Crippen LogP contribution in [0.3, 0.4) is 0 Å². The fourth-order valence-corrected chi connectivity index (χ4v) is 1.45. The summed E-state index contributed by atoms with van der Waals surface area (Å²) in [6.45, 7) is 3.36. The minimum Gasteiger partial charge on any atom is -0.431 e. The highest BCUT2D eigenvalue weighted by atomic mass is 16.5. The van der Waals surface area contributed by atoms with Gasteiger partial charge in [0, 0.05) is 24.2 Å². The molecule has 0 N–H and O–H groups in total. The van der Waals surface area contributed by atoms with Gasteiger partial charge in [0.1, 0.15) is 0 Å². The molecule has 0 aliphatic carbocycles. The molecule has 0 aliphatic heterocycles. The standard InChI is InChI=1S/C13H10N2O2/c1-2-17-13(16)11-4-3-7-15-12(11)10-5-8-14-9-6-10/h2-9H,1H2. The number of hydrogen-bond acceptors (Lipinski definition) is 4. The van der Waals surface area contributed by atoms with E-state index in [0.29, 0.717) is 11.3 Å². The van der Waals surface area contributed by atoms with Gasteiger partial charge in [0.05, 0.1) is 17.5 Å². The lowest BCUT2D eigenvalue weighted by molar-refractivity contribution is 0.0664. The van der Waals surface area contributed by atoms with Crippen LogP contribution in [-0.2, 0) is 4.74 Å². The highest BCUT2D eigenvalue weighted by Gasteiger charge is 2.13. The quantitative estimate of drug-likeness (QED) is 0.595. The summed E-state index contributed by atoms with van der Waals surface area (Å²) in [5.74, 6) is -0.472. The van der Waals surface area contributed by atoms with Crippen LogP contribution in [0, 0.1) is 0 Å². The van der Waals surface area contributed by atoms with E-state index < -0.39 is 5.97 Å². The molecule has 0 amide bonds. The average Bonchev–Trinajstić information content (AvgIpc) is 2.40. The van der Waals surface area contributed by atoms with Crippen LogP contribution in [0.15, 0.2) is 55.7 Å². The van der Waals surface area contributed by atoms with Crippen molar-refractivity contribution in [3.63, 3.8) is 0 Å². The van der Waals surface area contributed by atoms with E-state index >= 15 is 0 Å². The highest BCUT2D eigenvalue weighted by molar-refractivity contribution is 5.96. The number of ether oxygens (including phenoxy) is 1. The van der Waals surface area contributed by atoms with Crippen LogP contribution >= 0.6 is 0 Å². The molecule has 0 saturated carbocycles. The summed E-state index contributed by atoms with van der Waals surface area (Å²) in [5.41, 5.74) is 1.79. The van der Waals surface area contributed by atoms with Crippen molar-refractivity contribution in [3.8, 4) is 11.3 Å². The summed E-state index contributed by atoms with van der Waals surface area (Å²) in [6.07, 6.45) is 6.02. The number of carbonyl (C=O) groups excluding carboxylic acids is 1. The third kappa shape index (κ3) is 2.36. The Kier molecular flexibility index (Phi) is 3.25. The fourth-order valence-electron chi connectivity index (χ4n) is 1.45. The lowest BCUT2D eigenvalue weighted by atomic mass is 10.1. The molecule has 4 nitrogen and oxygen atoms in total. The van der Waals surface area contributed by atoms with Crippen molar-refractivity contribution < 1.29 is 9.53 Å². The Morgan fingerprint density at radius 1 is 1.24 bits per heavy atom. The zero-order valence-electron chi connectivity index (χ0n) is 9.04. The van der Waals surface area contributed by atoms with E-state index in [1.807, 2.05) is 0 Å². The maximum absolute atomic E-state index is 11.7. The normalized spacial score (nSPS) is 9.65. The van der Waals surface area contributed by atoms with Gasteiger partial charge >= 0.3 is 5.97 Å². The molecule has 2 rings (SSSR count). The van der Waals surface area contributed by atoms with E-state index in [-0.39, 0.29) is 0 Å². The summed E-state index contributed by atoms with van der Waals surface area (Å²) >= 11 is 0. The van der Waals surface area contributed by atoms with Crippen molar-refractivity contribution in [2.45, 2.75) is 0 Å². The summed E-state index contributed by atoms with van der Waals surface area (Å²) < 4.78 is 4.76. The number of carbonyl (C=O) groups is 1.